The van der Waals surface area contributed by atoms with E-state index in [9.17, 15) is 13.2 Å². The molecule has 2 aromatic heterocycles. The molecule has 9 heteroatoms. The Kier molecular flexibility index (Phi) is 6.85. The van der Waals surface area contributed by atoms with Crippen molar-refractivity contribution in [3.8, 4) is 33.0 Å². The minimum Gasteiger partial charge on any atom is -0.741 e. The van der Waals surface area contributed by atoms with Crippen LogP contribution in [0.1, 0.15) is 11.1 Å². The number of benzene rings is 3. The summed E-state index contributed by atoms with van der Waals surface area (Å²) in [4.78, 5) is 1.44. The minimum atomic E-state index is -6.09. The first-order chi connectivity index (χ1) is 18.1. The van der Waals surface area contributed by atoms with E-state index < -0.39 is 15.6 Å². The number of thiophene rings is 1. The molecular formula is C29H22F3NO3S2. The van der Waals surface area contributed by atoms with Crippen LogP contribution in [0.4, 0.5) is 13.2 Å². The predicted molar refractivity (Wildman–Crippen MR) is 142 cm³/mol. The van der Waals surface area contributed by atoms with E-state index in [0.717, 1.165) is 12.8 Å². The molecule has 0 bridgehead atoms. The lowest BCUT2D eigenvalue weighted by Gasteiger charge is -2.20. The van der Waals surface area contributed by atoms with E-state index in [0.29, 0.717) is 0 Å². The highest BCUT2D eigenvalue weighted by Gasteiger charge is 2.37. The fourth-order valence-corrected chi connectivity index (χ4v) is 6.22. The van der Waals surface area contributed by atoms with Gasteiger partial charge in [-0.15, -0.1) is 11.3 Å². The standard InChI is InChI=1S/C28H22NS.CHF3O3S/c1-29-25(20-12-6-3-7-13-20)18-24(19-10-4-2-5-11-19)22-16-17-23-21-14-8-9-15-26(21)30-28(23)27(22)29;2-1(3,4)8(5,6)7/h2-15,18H,16-17H2,1H3;(H,5,6,7)/q+1;/p-1. The SMILES string of the molecule is C[n+]1c(-c2ccccc2)cc(-c2ccccc2)c2c1-c1sc3ccccc3c1CC2.O=S(=O)([O-])C(F)(F)F. The van der Waals surface area contributed by atoms with E-state index in [-0.39, 0.29) is 0 Å². The molecule has 0 saturated heterocycles. The highest BCUT2D eigenvalue weighted by atomic mass is 32.2. The zero-order chi connectivity index (χ0) is 27.1. The monoisotopic (exact) mass is 553 g/mol. The van der Waals surface area contributed by atoms with Crippen LogP contribution in [0.25, 0.3) is 43.0 Å². The molecule has 0 unspecified atom stereocenters. The highest BCUT2D eigenvalue weighted by molar-refractivity contribution is 7.86. The molecular weight excluding hydrogens is 531 g/mol. The Labute approximate surface area is 222 Å². The molecule has 0 fully saturated rings. The van der Waals surface area contributed by atoms with Crippen LogP contribution >= 0.6 is 11.3 Å². The van der Waals surface area contributed by atoms with Gasteiger partial charge in [0.05, 0.1) is 0 Å². The molecule has 0 amide bonds. The van der Waals surface area contributed by atoms with Crippen molar-refractivity contribution in [2.24, 2.45) is 7.05 Å². The Hall–Kier alpha value is -3.53. The summed E-state index contributed by atoms with van der Waals surface area (Å²) < 4.78 is 62.7. The number of nitrogens with zero attached hydrogens (tertiary/aromatic N) is 1. The molecule has 38 heavy (non-hydrogen) atoms. The average Bonchev–Trinajstić information content (AvgIpc) is 3.28. The van der Waals surface area contributed by atoms with Crippen molar-refractivity contribution in [3.05, 3.63) is 102 Å². The second-order valence-electron chi connectivity index (χ2n) is 8.87. The molecule has 0 radical (unpaired) electrons. The Morgan fingerprint density at radius 1 is 0.816 bits per heavy atom. The number of alkyl halides is 3. The number of hydrogen-bond acceptors (Lipinski definition) is 4. The van der Waals surface area contributed by atoms with Crippen LogP contribution in [0.5, 0.6) is 0 Å². The van der Waals surface area contributed by atoms with Crippen LogP contribution < -0.4 is 4.57 Å². The summed E-state index contributed by atoms with van der Waals surface area (Å²) in [6.45, 7) is 0. The Morgan fingerprint density at radius 2 is 1.34 bits per heavy atom. The molecule has 5 aromatic rings. The van der Waals surface area contributed by atoms with Gasteiger partial charge in [0.1, 0.15) is 11.9 Å². The molecule has 0 atom stereocenters. The van der Waals surface area contributed by atoms with Gasteiger partial charge in [0.2, 0.25) is 11.4 Å². The van der Waals surface area contributed by atoms with Gasteiger partial charge in [0.15, 0.2) is 10.1 Å². The number of aromatic nitrogens is 1. The van der Waals surface area contributed by atoms with Crippen molar-refractivity contribution in [3.63, 3.8) is 0 Å². The molecule has 6 rings (SSSR count). The van der Waals surface area contributed by atoms with Crippen LogP contribution in [-0.2, 0) is 30.0 Å². The smallest absolute Gasteiger partial charge is 0.485 e. The Morgan fingerprint density at radius 3 is 1.95 bits per heavy atom. The first-order valence-electron chi connectivity index (χ1n) is 11.8. The highest BCUT2D eigenvalue weighted by Crippen LogP contribution is 2.45. The van der Waals surface area contributed by atoms with Gasteiger partial charge in [-0.25, -0.2) is 8.42 Å². The van der Waals surface area contributed by atoms with Crippen molar-refractivity contribution < 1.29 is 30.7 Å². The summed E-state index contributed by atoms with van der Waals surface area (Å²) in [6, 6.07) is 32.9. The number of rotatable bonds is 2. The summed E-state index contributed by atoms with van der Waals surface area (Å²) >= 11 is 1.94. The lowest BCUT2D eigenvalue weighted by atomic mass is 9.86. The van der Waals surface area contributed by atoms with E-state index in [1.54, 1.807) is 0 Å². The maximum atomic E-state index is 10.7. The van der Waals surface area contributed by atoms with Gasteiger partial charge in [-0.1, -0.05) is 66.7 Å². The fraction of sp³-hybridized carbons (Fsp3) is 0.138. The normalized spacial score (nSPS) is 12.9. The average molecular weight is 554 g/mol. The Balaban J connectivity index is 0.000000323. The van der Waals surface area contributed by atoms with Crippen LogP contribution in [0.15, 0.2) is 91.0 Å². The van der Waals surface area contributed by atoms with Crippen molar-refractivity contribution in [1.29, 1.82) is 0 Å². The lowest BCUT2D eigenvalue weighted by Crippen LogP contribution is -2.36. The van der Waals surface area contributed by atoms with Gasteiger partial charge in [-0.05, 0) is 53.1 Å². The summed E-state index contributed by atoms with van der Waals surface area (Å²) in [5.41, 5.74) is 3.92. The first-order valence-corrected chi connectivity index (χ1v) is 14.0. The molecule has 3 aromatic carbocycles. The molecule has 194 valence electrons. The topological polar surface area (TPSA) is 61.1 Å². The van der Waals surface area contributed by atoms with Crippen LogP contribution in [0, 0.1) is 0 Å². The van der Waals surface area contributed by atoms with E-state index in [2.05, 4.69) is 103 Å². The van der Waals surface area contributed by atoms with Crippen LogP contribution in [-0.4, -0.2) is 18.5 Å². The molecule has 0 N–H and O–H groups in total. The third kappa shape index (κ3) is 4.84. The van der Waals surface area contributed by atoms with Crippen LogP contribution in [0.2, 0.25) is 0 Å². The number of pyridine rings is 1. The molecule has 1 aliphatic rings. The number of aryl methyl sites for hydroxylation is 1. The van der Waals surface area contributed by atoms with Gasteiger partial charge in [-0.2, -0.15) is 17.7 Å². The summed E-state index contributed by atoms with van der Waals surface area (Å²) in [5, 5.41) is 1.43. The second kappa shape index (κ2) is 9.98. The molecule has 2 heterocycles. The van der Waals surface area contributed by atoms with E-state index >= 15 is 0 Å². The molecule has 1 aliphatic carbocycles. The van der Waals surface area contributed by atoms with Crippen LogP contribution in [0.3, 0.4) is 0 Å². The fourth-order valence-electron chi connectivity index (χ4n) is 4.86. The number of halogens is 3. The van der Waals surface area contributed by atoms with E-state index in [1.807, 2.05) is 11.3 Å². The van der Waals surface area contributed by atoms with Gasteiger partial charge < -0.3 is 4.55 Å². The van der Waals surface area contributed by atoms with E-state index in [4.69, 9.17) is 13.0 Å². The third-order valence-corrected chi connectivity index (χ3v) is 8.35. The quantitative estimate of drug-likeness (QED) is 0.136. The largest absolute Gasteiger partial charge is 0.741 e. The Bertz CT molecular complexity index is 1730. The molecule has 0 aliphatic heterocycles. The van der Waals surface area contributed by atoms with Gasteiger partial charge >= 0.3 is 5.51 Å². The molecule has 0 spiro atoms. The van der Waals surface area contributed by atoms with Crippen molar-refractivity contribution in [1.82, 2.24) is 0 Å². The number of hydrogen-bond donors (Lipinski definition) is 0. The third-order valence-electron chi connectivity index (χ3n) is 6.56. The maximum Gasteiger partial charge on any atom is 0.485 e. The van der Waals surface area contributed by atoms with Crippen molar-refractivity contribution in [2.45, 2.75) is 18.3 Å². The van der Waals surface area contributed by atoms with Gasteiger partial charge in [0.25, 0.3) is 0 Å². The van der Waals surface area contributed by atoms with Crippen molar-refractivity contribution in [2.75, 3.05) is 0 Å². The van der Waals surface area contributed by atoms with Gasteiger partial charge in [-0.3, -0.25) is 0 Å². The minimum absolute atomic E-state index is 1.08. The van der Waals surface area contributed by atoms with Gasteiger partial charge in [0, 0.05) is 21.9 Å². The molecule has 4 nitrogen and oxygen atoms in total. The zero-order valence-electron chi connectivity index (χ0n) is 20.2. The maximum absolute atomic E-state index is 10.7. The van der Waals surface area contributed by atoms with E-state index in [1.165, 1.54) is 54.2 Å². The second-order valence-corrected chi connectivity index (χ2v) is 11.3. The van der Waals surface area contributed by atoms with Crippen molar-refractivity contribution >= 4 is 31.5 Å². The summed E-state index contributed by atoms with van der Waals surface area (Å²) in [5.74, 6) is 0. The summed E-state index contributed by atoms with van der Waals surface area (Å²) in [6.07, 6.45) is 2.19. The number of fused-ring (bicyclic) bond motifs is 5. The lowest BCUT2D eigenvalue weighted by molar-refractivity contribution is -0.649. The first kappa shape index (κ1) is 26.1. The predicted octanol–water partition coefficient (Wildman–Crippen LogP) is 6.88. The summed E-state index contributed by atoms with van der Waals surface area (Å²) in [7, 11) is -3.86. The molecule has 0 saturated carbocycles. The zero-order valence-corrected chi connectivity index (χ0v) is 21.8.